The maximum Gasteiger partial charge on any atom is 0.321 e. The SMILES string of the molecule is O=C(Nc1ccc(F)c(Br)c1)N1CCC[C@@H](O)C1. The number of carbonyl (C=O) groups is 1. The zero-order valence-electron chi connectivity index (χ0n) is 9.70. The largest absolute Gasteiger partial charge is 0.391 e. The lowest BCUT2D eigenvalue weighted by atomic mass is 10.1. The Morgan fingerprint density at radius 1 is 1.56 bits per heavy atom. The standard InChI is InChI=1S/C12H14BrFN2O2/c13-10-6-8(3-4-11(10)14)15-12(18)16-5-1-2-9(17)7-16/h3-4,6,9,17H,1-2,5,7H2,(H,15,18)/t9-/m1/s1. The van der Waals surface area contributed by atoms with Crippen LogP contribution in [-0.4, -0.2) is 35.2 Å². The monoisotopic (exact) mass is 316 g/mol. The van der Waals surface area contributed by atoms with E-state index in [9.17, 15) is 14.3 Å². The number of carbonyl (C=O) groups excluding carboxylic acids is 1. The first-order chi connectivity index (χ1) is 8.56. The van der Waals surface area contributed by atoms with Crippen LogP contribution in [0.4, 0.5) is 14.9 Å². The molecule has 1 aromatic rings. The molecule has 0 aliphatic carbocycles. The Hall–Kier alpha value is -1.14. The molecule has 0 unspecified atom stereocenters. The van der Waals surface area contributed by atoms with E-state index < -0.39 is 6.10 Å². The van der Waals surface area contributed by atoms with Crippen LogP contribution in [-0.2, 0) is 0 Å². The van der Waals surface area contributed by atoms with Crippen LogP contribution in [0.2, 0.25) is 0 Å². The minimum atomic E-state index is -0.454. The van der Waals surface area contributed by atoms with Gasteiger partial charge in [0.1, 0.15) is 5.82 Å². The molecule has 18 heavy (non-hydrogen) atoms. The molecule has 1 aliphatic heterocycles. The summed E-state index contributed by atoms with van der Waals surface area (Å²) in [6.45, 7) is 0.972. The number of hydrogen-bond donors (Lipinski definition) is 2. The zero-order chi connectivity index (χ0) is 13.1. The summed E-state index contributed by atoms with van der Waals surface area (Å²) < 4.78 is 13.3. The highest BCUT2D eigenvalue weighted by atomic mass is 79.9. The van der Waals surface area contributed by atoms with Crippen LogP contribution in [0.1, 0.15) is 12.8 Å². The highest BCUT2D eigenvalue weighted by molar-refractivity contribution is 9.10. The molecule has 1 heterocycles. The molecule has 6 heteroatoms. The second kappa shape index (κ2) is 5.67. The molecule has 0 saturated carbocycles. The van der Waals surface area contributed by atoms with Gasteiger partial charge in [-0.3, -0.25) is 0 Å². The number of hydrogen-bond acceptors (Lipinski definition) is 2. The lowest BCUT2D eigenvalue weighted by Gasteiger charge is -2.30. The Balaban J connectivity index is 2.00. The second-order valence-electron chi connectivity index (χ2n) is 4.30. The predicted octanol–water partition coefficient (Wildman–Crippen LogP) is 2.58. The summed E-state index contributed by atoms with van der Waals surface area (Å²) in [6.07, 6.45) is 1.07. The third kappa shape index (κ3) is 3.20. The van der Waals surface area contributed by atoms with E-state index in [2.05, 4.69) is 21.2 Å². The molecule has 1 saturated heterocycles. The molecule has 1 aliphatic rings. The molecule has 4 nitrogen and oxygen atoms in total. The van der Waals surface area contributed by atoms with Crippen molar-refractivity contribution in [1.82, 2.24) is 4.90 Å². The molecule has 1 fully saturated rings. The topological polar surface area (TPSA) is 52.6 Å². The number of nitrogens with one attached hydrogen (secondary N) is 1. The third-order valence-electron chi connectivity index (χ3n) is 2.85. The number of nitrogens with zero attached hydrogens (tertiary/aromatic N) is 1. The molecule has 2 rings (SSSR count). The zero-order valence-corrected chi connectivity index (χ0v) is 11.3. The quantitative estimate of drug-likeness (QED) is 0.836. The molecular weight excluding hydrogens is 303 g/mol. The van der Waals surface area contributed by atoms with E-state index in [-0.39, 0.29) is 11.8 Å². The summed E-state index contributed by atoms with van der Waals surface area (Å²) in [4.78, 5) is 13.5. The highest BCUT2D eigenvalue weighted by Crippen LogP contribution is 2.20. The van der Waals surface area contributed by atoms with Gasteiger partial charge in [-0.05, 0) is 47.0 Å². The van der Waals surface area contributed by atoms with Crippen molar-refractivity contribution in [2.24, 2.45) is 0 Å². The Morgan fingerprint density at radius 2 is 2.33 bits per heavy atom. The number of anilines is 1. The summed E-state index contributed by atoms with van der Waals surface area (Å²) in [5, 5.41) is 12.2. The van der Waals surface area contributed by atoms with Gasteiger partial charge in [0.15, 0.2) is 0 Å². The van der Waals surface area contributed by atoms with E-state index in [4.69, 9.17) is 0 Å². The second-order valence-corrected chi connectivity index (χ2v) is 5.16. The molecular formula is C12H14BrFN2O2. The van der Waals surface area contributed by atoms with Gasteiger partial charge in [-0.1, -0.05) is 0 Å². The van der Waals surface area contributed by atoms with E-state index in [0.29, 0.717) is 23.2 Å². The van der Waals surface area contributed by atoms with E-state index in [1.54, 1.807) is 4.90 Å². The van der Waals surface area contributed by atoms with Crippen molar-refractivity contribution in [3.05, 3.63) is 28.5 Å². The smallest absolute Gasteiger partial charge is 0.321 e. The van der Waals surface area contributed by atoms with Gasteiger partial charge >= 0.3 is 6.03 Å². The van der Waals surface area contributed by atoms with Crippen LogP contribution in [0.3, 0.4) is 0 Å². The van der Waals surface area contributed by atoms with Crippen LogP contribution in [0.15, 0.2) is 22.7 Å². The van der Waals surface area contributed by atoms with Gasteiger partial charge in [-0.25, -0.2) is 9.18 Å². The Kier molecular flexibility index (Phi) is 4.19. The van der Waals surface area contributed by atoms with Crippen LogP contribution in [0, 0.1) is 5.82 Å². The summed E-state index contributed by atoms with van der Waals surface area (Å²) in [7, 11) is 0. The maximum atomic E-state index is 13.0. The minimum absolute atomic E-state index is 0.271. The van der Waals surface area contributed by atoms with Gasteiger partial charge < -0.3 is 15.3 Å². The highest BCUT2D eigenvalue weighted by Gasteiger charge is 2.22. The van der Waals surface area contributed by atoms with Gasteiger partial charge in [0.05, 0.1) is 10.6 Å². The lowest BCUT2D eigenvalue weighted by Crippen LogP contribution is -2.44. The fraction of sp³-hybridized carbons (Fsp3) is 0.417. The molecule has 0 aromatic heterocycles. The van der Waals surface area contributed by atoms with Gasteiger partial charge in [-0.2, -0.15) is 0 Å². The Bertz CT molecular complexity index is 456. The average Bonchev–Trinajstić information content (AvgIpc) is 2.34. The van der Waals surface area contributed by atoms with Crippen molar-refractivity contribution >= 4 is 27.6 Å². The number of amides is 2. The van der Waals surface area contributed by atoms with Crippen molar-refractivity contribution in [2.45, 2.75) is 18.9 Å². The molecule has 0 bridgehead atoms. The molecule has 0 radical (unpaired) electrons. The molecule has 2 amide bonds. The number of urea groups is 1. The van der Waals surface area contributed by atoms with Gasteiger partial charge in [-0.15, -0.1) is 0 Å². The Morgan fingerprint density at radius 3 is 3.00 bits per heavy atom. The summed E-state index contributed by atoms with van der Waals surface area (Å²) in [5.41, 5.74) is 0.522. The van der Waals surface area contributed by atoms with Crippen LogP contribution in [0.25, 0.3) is 0 Å². The molecule has 98 valence electrons. The van der Waals surface area contributed by atoms with Crippen LogP contribution >= 0.6 is 15.9 Å². The first-order valence-electron chi connectivity index (χ1n) is 5.75. The maximum absolute atomic E-state index is 13.0. The third-order valence-corrected chi connectivity index (χ3v) is 3.46. The summed E-state index contributed by atoms with van der Waals surface area (Å²) in [6, 6.07) is 4.02. The normalized spacial score (nSPS) is 19.7. The number of rotatable bonds is 1. The predicted molar refractivity (Wildman–Crippen MR) is 69.9 cm³/mol. The number of β-amino-alcohol motifs (C(OH)–C–C–N with tert-alkyl or cyclic N) is 1. The van der Waals surface area contributed by atoms with Crippen LogP contribution < -0.4 is 5.32 Å². The fourth-order valence-corrected chi connectivity index (χ4v) is 2.29. The molecule has 1 atom stereocenters. The number of likely N-dealkylation sites (tertiary alicyclic amines) is 1. The van der Waals surface area contributed by atoms with Gasteiger partial charge in [0, 0.05) is 18.8 Å². The van der Waals surface area contributed by atoms with Crippen molar-refractivity contribution in [3.8, 4) is 0 Å². The first-order valence-corrected chi connectivity index (χ1v) is 6.54. The van der Waals surface area contributed by atoms with Crippen molar-refractivity contribution < 1.29 is 14.3 Å². The summed E-state index contributed by atoms with van der Waals surface area (Å²) in [5.74, 6) is -0.374. The Labute approximate surface area is 113 Å². The molecule has 2 N–H and O–H groups in total. The first kappa shape index (κ1) is 13.3. The molecule has 1 aromatic carbocycles. The number of benzene rings is 1. The molecule has 0 spiro atoms. The number of aliphatic hydroxyl groups is 1. The van der Waals surface area contributed by atoms with Gasteiger partial charge in [0.2, 0.25) is 0 Å². The number of piperidine rings is 1. The summed E-state index contributed by atoms with van der Waals surface area (Å²) >= 11 is 3.06. The lowest BCUT2D eigenvalue weighted by molar-refractivity contribution is 0.0883. The number of halogens is 2. The van der Waals surface area contributed by atoms with E-state index in [1.807, 2.05) is 0 Å². The van der Waals surface area contributed by atoms with E-state index in [1.165, 1.54) is 18.2 Å². The fourth-order valence-electron chi connectivity index (χ4n) is 1.92. The van der Waals surface area contributed by atoms with Crippen LogP contribution in [0.5, 0.6) is 0 Å². The van der Waals surface area contributed by atoms with Crippen molar-refractivity contribution in [2.75, 3.05) is 18.4 Å². The number of aliphatic hydroxyl groups excluding tert-OH is 1. The van der Waals surface area contributed by atoms with E-state index >= 15 is 0 Å². The minimum Gasteiger partial charge on any atom is -0.391 e. The van der Waals surface area contributed by atoms with Gasteiger partial charge in [0.25, 0.3) is 0 Å². The van der Waals surface area contributed by atoms with Crippen molar-refractivity contribution in [3.63, 3.8) is 0 Å². The van der Waals surface area contributed by atoms with Crippen molar-refractivity contribution in [1.29, 1.82) is 0 Å². The average molecular weight is 317 g/mol. The van der Waals surface area contributed by atoms with E-state index in [0.717, 1.165) is 12.8 Å².